The molecule has 2 aromatic rings. The summed E-state index contributed by atoms with van der Waals surface area (Å²) < 4.78 is 24.3. The van der Waals surface area contributed by atoms with Gasteiger partial charge in [-0.05, 0) is 62.2 Å². The minimum absolute atomic E-state index is 0.0914. The summed E-state index contributed by atoms with van der Waals surface area (Å²) in [4.78, 5) is 15.0. The van der Waals surface area contributed by atoms with Gasteiger partial charge in [0.1, 0.15) is 0 Å². The van der Waals surface area contributed by atoms with Crippen molar-refractivity contribution >= 4 is 59.1 Å². The zero-order chi connectivity index (χ0) is 16.5. The van der Waals surface area contributed by atoms with Crippen LogP contribution in [-0.4, -0.2) is 26.3 Å². The number of carbonyl (C=O) groups excluding carboxylic acids is 1. The molecule has 0 unspecified atom stereocenters. The molecule has 0 saturated heterocycles. The second-order valence-corrected chi connectivity index (χ2v) is 9.52. The van der Waals surface area contributed by atoms with Gasteiger partial charge < -0.3 is 4.90 Å². The highest BCUT2D eigenvalue weighted by atomic mass is 79.9. The van der Waals surface area contributed by atoms with Crippen molar-refractivity contribution in [1.29, 1.82) is 0 Å². The lowest BCUT2D eigenvalue weighted by Gasteiger charge is -2.17. The zero-order valence-corrected chi connectivity index (χ0v) is 16.2. The van der Waals surface area contributed by atoms with Crippen LogP contribution in [0, 0.1) is 0 Å². The van der Waals surface area contributed by atoms with Gasteiger partial charge in [0.15, 0.2) is 0 Å². The van der Waals surface area contributed by atoms with Crippen molar-refractivity contribution in [3.63, 3.8) is 0 Å². The van der Waals surface area contributed by atoms with Crippen LogP contribution in [0.3, 0.4) is 0 Å². The van der Waals surface area contributed by atoms with E-state index in [1.54, 1.807) is 7.05 Å². The van der Waals surface area contributed by atoms with Crippen LogP contribution in [0.1, 0.15) is 15.2 Å². The quantitative estimate of drug-likeness (QED) is 0.749. The highest BCUT2D eigenvalue weighted by Gasteiger charge is 2.19. The van der Waals surface area contributed by atoms with Crippen molar-refractivity contribution in [3.05, 3.63) is 49.0 Å². The minimum atomic E-state index is -3.85. The molecule has 0 fully saturated rings. The van der Waals surface area contributed by atoms with Crippen LogP contribution in [0.2, 0.25) is 0 Å². The van der Waals surface area contributed by atoms with E-state index in [1.165, 1.54) is 34.4 Å². The summed E-state index contributed by atoms with van der Waals surface area (Å²) in [5.74, 6) is -0.290. The van der Waals surface area contributed by atoms with E-state index in [2.05, 4.69) is 31.9 Å². The van der Waals surface area contributed by atoms with Crippen LogP contribution < -0.4 is 5.14 Å². The molecular formula is C13H12Br2N2O3S2. The predicted octanol–water partition coefficient (Wildman–Crippen LogP) is 3.19. The Morgan fingerprint density at radius 1 is 1.27 bits per heavy atom. The molecule has 2 N–H and O–H groups in total. The number of amides is 1. The average molecular weight is 468 g/mol. The normalized spacial score (nSPS) is 11.5. The molecular weight excluding hydrogens is 456 g/mol. The number of benzene rings is 1. The Morgan fingerprint density at radius 3 is 2.50 bits per heavy atom. The molecule has 0 aliphatic heterocycles. The Labute approximate surface area is 149 Å². The molecule has 22 heavy (non-hydrogen) atoms. The molecule has 5 nitrogen and oxygen atoms in total. The summed E-state index contributed by atoms with van der Waals surface area (Å²) >= 11 is 8.18. The minimum Gasteiger partial charge on any atom is -0.337 e. The fourth-order valence-corrected chi connectivity index (χ4v) is 4.29. The van der Waals surface area contributed by atoms with Gasteiger partial charge >= 0.3 is 0 Å². The molecule has 0 bridgehead atoms. The number of thiophene rings is 1. The third-order valence-electron chi connectivity index (χ3n) is 2.87. The Balaban J connectivity index is 2.28. The van der Waals surface area contributed by atoms with E-state index in [4.69, 9.17) is 5.14 Å². The van der Waals surface area contributed by atoms with Gasteiger partial charge in [-0.1, -0.05) is 0 Å². The molecule has 0 saturated carbocycles. The highest BCUT2D eigenvalue weighted by molar-refractivity contribution is 9.11. The van der Waals surface area contributed by atoms with Gasteiger partial charge in [0.25, 0.3) is 5.91 Å². The monoisotopic (exact) mass is 466 g/mol. The number of sulfonamides is 1. The molecule has 0 spiro atoms. The third-order valence-corrected chi connectivity index (χ3v) is 6.08. The van der Waals surface area contributed by atoms with E-state index in [1.807, 2.05) is 12.1 Å². The van der Waals surface area contributed by atoms with Crippen LogP contribution in [0.5, 0.6) is 0 Å². The molecule has 1 amide bonds. The number of carbonyl (C=O) groups is 1. The maximum Gasteiger partial charge on any atom is 0.255 e. The first-order valence-electron chi connectivity index (χ1n) is 6.00. The van der Waals surface area contributed by atoms with E-state index >= 15 is 0 Å². The molecule has 1 heterocycles. The van der Waals surface area contributed by atoms with Crippen LogP contribution >= 0.6 is 43.2 Å². The molecule has 118 valence electrons. The van der Waals surface area contributed by atoms with Crippen molar-refractivity contribution in [2.75, 3.05) is 7.05 Å². The molecule has 0 atom stereocenters. The van der Waals surface area contributed by atoms with Crippen molar-refractivity contribution in [2.24, 2.45) is 5.14 Å². The van der Waals surface area contributed by atoms with Gasteiger partial charge in [-0.25, -0.2) is 13.6 Å². The molecule has 1 aromatic heterocycles. The SMILES string of the molecule is CN(Cc1ccc(Br)s1)C(=O)c1cc(S(N)(=O)=O)ccc1Br. The maximum atomic E-state index is 12.5. The Hall–Kier alpha value is -0.740. The number of primary sulfonamides is 1. The van der Waals surface area contributed by atoms with Crippen LogP contribution in [0.15, 0.2) is 43.5 Å². The first-order valence-corrected chi connectivity index (χ1v) is 9.95. The Kier molecular flexibility index (Phi) is 5.44. The summed E-state index contributed by atoms with van der Waals surface area (Å²) in [5.41, 5.74) is 0.254. The largest absolute Gasteiger partial charge is 0.337 e. The predicted molar refractivity (Wildman–Crippen MR) is 93.3 cm³/mol. The lowest BCUT2D eigenvalue weighted by molar-refractivity contribution is 0.0785. The topological polar surface area (TPSA) is 80.5 Å². The van der Waals surface area contributed by atoms with Crippen molar-refractivity contribution in [1.82, 2.24) is 4.90 Å². The molecule has 1 aromatic carbocycles. The summed E-state index contributed by atoms with van der Waals surface area (Å²) in [6.07, 6.45) is 0. The second-order valence-electron chi connectivity index (χ2n) is 4.55. The van der Waals surface area contributed by atoms with Gasteiger partial charge in [0.2, 0.25) is 10.0 Å². The van der Waals surface area contributed by atoms with Crippen molar-refractivity contribution in [2.45, 2.75) is 11.4 Å². The average Bonchev–Trinajstić information content (AvgIpc) is 2.82. The summed E-state index contributed by atoms with van der Waals surface area (Å²) in [5, 5.41) is 5.11. The standard InChI is InChI=1S/C13H12Br2N2O3S2/c1-17(7-8-2-5-12(15)21-8)13(18)10-6-9(22(16,19)20)3-4-11(10)14/h2-6H,7H2,1H3,(H2,16,19,20). The van der Waals surface area contributed by atoms with Gasteiger partial charge in [-0.2, -0.15) is 0 Å². The number of hydrogen-bond donors (Lipinski definition) is 1. The molecule has 2 rings (SSSR count). The fourth-order valence-electron chi connectivity index (χ4n) is 1.79. The van der Waals surface area contributed by atoms with E-state index in [0.29, 0.717) is 11.0 Å². The maximum absolute atomic E-state index is 12.5. The molecule has 0 aliphatic rings. The fraction of sp³-hybridized carbons (Fsp3) is 0.154. The zero-order valence-electron chi connectivity index (χ0n) is 11.4. The lowest BCUT2D eigenvalue weighted by atomic mass is 10.2. The van der Waals surface area contributed by atoms with Crippen molar-refractivity contribution in [3.8, 4) is 0 Å². The van der Waals surface area contributed by atoms with E-state index in [0.717, 1.165) is 8.66 Å². The van der Waals surface area contributed by atoms with Gasteiger partial charge in [0.05, 0.1) is 20.8 Å². The summed E-state index contributed by atoms with van der Waals surface area (Å²) in [6.45, 7) is 0.432. The molecule has 0 aliphatic carbocycles. The highest BCUT2D eigenvalue weighted by Crippen LogP contribution is 2.25. The van der Waals surface area contributed by atoms with E-state index in [-0.39, 0.29) is 16.4 Å². The Morgan fingerprint density at radius 2 is 1.95 bits per heavy atom. The molecule has 9 heteroatoms. The van der Waals surface area contributed by atoms with E-state index < -0.39 is 10.0 Å². The van der Waals surface area contributed by atoms with Gasteiger partial charge in [0, 0.05) is 16.4 Å². The van der Waals surface area contributed by atoms with Gasteiger partial charge in [-0.15, -0.1) is 11.3 Å². The number of nitrogens with zero attached hydrogens (tertiary/aromatic N) is 1. The van der Waals surface area contributed by atoms with Crippen molar-refractivity contribution < 1.29 is 13.2 Å². The van der Waals surface area contributed by atoms with Crippen LogP contribution in [0.4, 0.5) is 0 Å². The number of nitrogens with two attached hydrogens (primary N) is 1. The number of halogens is 2. The first-order chi connectivity index (χ1) is 10.2. The third kappa shape index (κ3) is 4.17. The number of rotatable bonds is 4. The Bertz CT molecular complexity index is 818. The van der Waals surface area contributed by atoms with Gasteiger partial charge in [-0.3, -0.25) is 4.79 Å². The second kappa shape index (κ2) is 6.79. The summed E-state index contributed by atoms with van der Waals surface area (Å²) in [6, 6.07) is 7.97. The smallest absolute Gasteiger partial charge is 0.255 e. The first kappa shape index (κ1) is 17.6. The van der Waals surface area contributed by atoms with Crippen LogP contribution in [-0.2, 0) is 16.6 Å². The van der Waals surface area contributed by atoms with Crippen LogP contribution in [0.25, 0.3) is 0 Å². The summed E-state index contributed by atoms with van der Waals surface area (Å²) in [7, 11) is -2.19. The van der Waals surface area contributed by atoms with E-state index in [9.17, 15) is 13.2 Å². The lowest BCUT2D eigenvalue weighted by Crippen LogP contribution is -2.26. The number of hydrogen-bond acceptors (Lipinski definition) is 4. The molecule has 0 radical (unpaired) electrons.